The van der Waals surface area contributed by atoms with Crippen LogP contribution in [0.25, 0.3) is 0 Å². The van der Waals surface area contributed by atoms with Crippen LogP contribution in [0.1, 0.15) is 11.1 Å². The van der Waals surface area contributed by atoms with E-state index in [1.54, 1.807) is 0 Å². The van der Waals surface area contributed by atoms with E-state index in [2.05, 4.69) is 5.32 Å². The van der Waals surface area contributed by atoms with Gasteiger partial charge < -0.3 is 20.3 Å². The van der Waals surface area contributed by atoms with Crippen LogP contribution in [0.5, 0.6) is 5.75 Å². The number of carboxylic acid groups (broad SMARTS) is 1. The summed E-state index contributed by atoms with van der Waals surface area (Å²) in [6, 6.07) is 5.63. The molecule has 0 bridgehead atoms. The van der Waals surface area contributed by atoms with Crippen molar-refractivity contribution in [1.82, 2.24) is 5.32 Å². The summed E-state index contributed by atoms with van der Waals surface area (Å²) in [5, 5.41) is 19.7. The molecule has 0 radical (unpaired) electrons. The SMILES string of the molecule is Cc1cccc(C)c1OCC(=O)NC[C@H](O)C(=O)O. The summed E-state index contributed by atoms with van der Waals surface area (Å²) >= 11 is 0. The number of hydrogen-bond donors (Lipinski definition) is 3. The summed E-state index contributed by atoms with van der Waals surface area (Å²) in [6.45, 7) is 3.17. The van der Waals surface area contributed by atoms with Crippen LogP contribution in [0.3, 0.4) is 0 Å². The molecule has 0 saturated carbocycles. The predicted molar refractivity (Wildman–Crippen MR) is 68.1 cm³/mol. The summed E-state index contributed by atoms with van der Waals surface area (Å²) in [4.78, 5) is 21.8. The molecule has 0 aliphatic rings. The Hall–Kier alpha value is -2.08. The highest BCUT2D eigenvalue weighted by atomic mass is 16.5. The van der Waals surface area contributed by atoms with Crippen LogP contribution in [0, 0.1) is 13.8 Å². The Balaban J connectivity index is 2.44. The van der Waals surface area contributed by atoms with Crippen molar-refractivity contribution in [2.75, 3.05) is 13.2 Å². The molecule has 0 fully saturated rings. The number of carbonyl (C=O) groups is 2. The smallest absolute Gasteiger partial charge is 0.334 e. The highest BCUT2D eigenvalue weighted by Crippen LogP contribution is 2.21. The van der Waals surface area contributed by atoms with E-state index in [1.165, 1.54) is 0 Å². The molecule has 6 nitrogen and oxygen atoms in total. The Morgan fingerprint density at radius 3 is 2.42 bits per heavy atom. The van der Waals surface area contributed by atoms with Gasteiger partial charge in [0.2, 0.25) is 0 Å². The van der Waals surface area contributed by atoms with Gasteiger partial charge in [-0.3, -0.25) is 4.79 Å². The average Bonchev–Trinajstić information content (AvgIpc) is 2.35. The molecular weight excluding hydrogens is 250 g/mol. The molecule has 6 heteroatoms. The van der Waals surface area contributed by atoms with Crippen molar-refractivity contribution in [2.45, 2.75) is 20.0 Å². The summed E-state index contributed by atoms with van der Waals surface area (Å²) in [7, 11) is 0. The first-order valence-corrected chi connectivity index (χ1v) is 5.78. The van der Waals surface area contributed by atoms with E-state index >= 15 is 0 Å². The van der Waals surface area contributed by atoms with E-state index < -0.39 is 18.0 Å². The molecule has 1 rings (SSSR count). The first-order valence-electron chi connectivity index (χ1n) is 5.78. The lowest BCUT2D eigenvalue weighted by atomic mass is 10.1. The lowest BCUT2D eigenvalue weighted by Crippen LogP contribution is -2.38. The van der Waals surface area contributed by atoms with Gasteiger partial charge in [-0.1, -0.05) is 18.2 Å². The van der Waals surface area contributed by atoms with Crippen LogP contribution in [0.4, 0.5) is 0 Å². The number of aryl methyl sites for hydroxylation is 2. The van der Waals surface area contributed by atoms with Crippen molar-refractivity contribution < 1.29 is 24.5 Å². The molecule has 0 aromatic heterocycles. The first kappa shape index (κ1) is 15.0. The van der Waals surface area contributed by atoms with Gasteiger partial charge in [-0.05, 0) is 25.0 Å². The van der Waals surface area contributed by atoms with Gasteiger partial charge >= 0.3 is 5.97 Å². The third-order valence-electron chi connectivity index (χ3n) is 2.53. The number of benzene rings is 1. The molecule has 0 saturated heterocycles. The van der Waals surface area contributed by atoms with E-state index in [0.29, 0.717) is 5.75 Å². The Kier molecular flexibility index (Phi) is 5.32. The average molecular weight is 267 g/mol. The number of nitrogens with one attached hydrogen (secondary N) is 1. The molecular formula is C13H17NO5. The number of carbonyl (C=O) groups excluding carboxylic acids is 1. The van der Waals surface area contributed by atoms with Crippen LogP contribution in [0.2, 0.25) is 0 Å². The minimum atomic E-state index is -1.61. The standard InChI is InChI=1S/C13H17NO5/c1-8-4-3-5-9(2)12(8)19-7-11(16)14-6-10(15)13(17)18/h3-5,10,15H,6-7H2,1-2H3,(H,14,16)(H,17,18)/t10-/m0/s1. The topological polar surface area (TPSA) is 95.9 Å². The molecule has 19 heavy (non-hydrogen) atoms. The molecule has 3 N–H and O–H groups in total. The Bertz CT molecular complexity index is 452. The fourth-order valence-corrected chi connectivity index (χ4v) is 1.51. The number of hydrogen-bond acceptors (Lipinski definition) is 4. The monoisotopic (exact) mass is 267 g/mol. The highest BCUT2D eigenvalue weighted by Gasteiger charge is 2.14. The number of aliphatic hydroxyl groups is 1. The first-order chi connectivity index (χ1) is 8.91. The largest absolute Gasteiger partial charge is 0.483 e. The summed E-state index contributed by atoms with van der Waals surface area (Å²) in [5.74, 6) is -1.23. The predicted octanol–water partition coefficient (Wildman–Crippen LogP) is 0.244. The summed E-state index contributed by atoms with van der Waals surface area (Å²) in [5.41, 5.74) is 1.83. The molecule has 0 aliphatic heterocycles. The van der Waals surface area contributed by atoms with Crippen molar-refractivity contribution in [1.29, 1.82) is 0 Å². The number of amides is 1. The van der Waals surface area contributed by atoms with Crippen molar-refractivity contribution in [2.24, 2.45) is 0 Å². The van der Waals surface area contributed by atoms with E-state index in [4.69, 9.17) is 14.9 Å². The number of carboxylic acids is 1. The van der Waals surface area contributed by atoms with Crippen molar-refractivity contribution in [3.8, 4) is 5.75 Å². The maximum atomic E-state index is 11.4. The lowest BCUT2D eigenvalue weighted by molar-refractivity contribution is -0.146. The van der Waals surface area contributed by atoms with Gasteiger partial charge in [0.1, 0.15) is 5.75 Å². The molecule has 104 valence electrons. The normalized spacial score (nSPS) is 11.7. The zero-order chi connectivity index (χ0) is 14.4. The van der Waals surface area contributed by atoms with Gasteiger partial charge in [0.05, 0.1) is 6.54 Å². The minimum Gasteiger partial charge on any atom is -0.483 e. The fourth-order valence-electron chi connectivity index (χ4n) is 1.51. The highest BCUT2D eigenvalue weighted by molar-refractivity contribution is 5.79. The number of para-hydroxylation sites is 1. The zero-order valence-corrected chi connectivity index (χ0v) is 10.8. The fraction of sp³-hybridized carbons (Fsp3) is 0.385. The van der Waals surface area contributed by atoms with Gasteiger partial charge in [0.15, 0.2) is 12.7 Å². The Morgan fingerprint density at radius 2 is 1.89 bits per heavy atom. The van der Waals surface area contributed by atoms with Gasteiger partial charge in [-0.15, -0.1) is 0 Å². The molecule has 1 aromatic carbocycles. The molecule has 0 aliphatic carbocycles. The Morgan fingerprint density at radius 1 is 1.32 bits per heavy atom. The van der Waals surface area contributed by atoms with Crippen molar-refractivity contribution >= 4 is 11.9 Å². The van der Waals surface area contributed by atoms with Crippen molar-refractivity contribution in [3.63, 3.8) is 0 Å². The second-order valence-electron chi connectivity index (χ2n) is 4.17. The maximum Gasteiger partial charge on any atom is 0.334 e. The molecule has 0 spiro atoms. The quantitative estimate of drug-likeness (QED) is 0.686. The zero-order valence-electron chi connectivity index (χ0n) is 10.8. The second kappa shape index (κ2) is 6.75. The van der Waals surface area contributed by atoms with Gasteiger partial charge in [0, 0.05) is 0 Å². The maximum absolute atomic E-state index is 11.4. The van der Waals surface area contributed by atoms with Gasteiger partial charge in [0.25, 0.3) is 5.91 Å². The van der Waals surface area contributed by atoms with E-state index in [9.17, 15) is 9.59 Å². The van der Waals surface area contributed by atoms with E-state index in [0.717, 1.165) is 11.1 Å². The second-order valence-corrected chi connectivity index (χ2v) is 4.17. The molecule has 0 heterocycles. The third-order valence-corrected chi connectivity index (χ3v) is 2.53. The van der Waals surface area contributed by atoms with Crippen LogP contribution < -0.4 is 10.1 Å². The van der Waals surface area contributed by atoms with Crippen LogP contribution in [-0.4, -0.2) is 41.3 Å². The number of rotatable bonds is 6. The summed E-state index contributed by atoms with van der Waals surface area (Å²) in [6.07, 6.45) is -1.61. The van der Waals surface area contributed by atoms with E-state index in [1.807, 2.05) is 32.0 Å². The Labute approximate surface area is 111 Å². The van der Waals surface area contributed by atoms with Gasteiger partial charge in [-0.25, -0.2) is 4.79 Å². The molecule has 1 aromatic rings. The summed E-state index contributed by atoms with van der Waals surface area (Å²) < 4.78 is 5.38. The van der Waals surface area contributed by atoms with Crippen molar-refractivity contribution in [3.05, 3.63) is 29.3 Å². The van der Waals surface area contributed by atoms with Crippen LogP contribution >= 0.6 is 0 Å². The van der Waals surface area contributed by atoms with Gasteiger partial charge in [-0.2, -0.15) is 0 Å². The third kappa shape index (κ3) is 4.59. The number of aliphatic carboxylic acids is 1. The minimum absolute atomic E-state index is 0.224. The molecule has 0 unspecified atom stereocenters. The van der Waals surface area contributed by atoms with Crippen LogP contribution in [-0.2, 0) is 9.59 Å². The van der Waals surface area contributed by atoms with E-state index in [-0.39, 0.29) is 13.2 Å². The number of ether oxygens (including phenoxy) is 1. The lowest BCUT2D eigenvalue weighted by Gasteiger charge is -2.12. The molecule has 1 amide bonds. The van der Waals surface area contributed by atoms with Crippen LogP contribution in [0.15, 0.2) is 18.2 Å². The number of aliphatic hydroxyl groups excluding tert-OH is 1. The molecule has 1 atom stereocenters.